The largest absolute Gasteiger partial charge is 0.299 e. The number of carbonyl (C=O) groups excluding carboxylic acids is 1. The number of benzene rings is 2. The lowest BCUT2D eigenvalue weighted by atomic mass is 10.1. The zero-order valence-electron chi connectivity index (χ0n) is 13.3. The van der Waals surface area contributed by atoms with Crippen LogP contribution in [0.1, 0.15) is 29.0 Å². The highest BCUT2D eigenvalue weighted by Gasteiger charge is 2.26. The molecule has 0 spiro atoms. The van der Waals surface area contributed by atoms with Gasteiger partial charge in [0.1, 0.15) is 5.82 Å². The maximum absolute atomic E-state index is 14.1. The zero-order valence-corrected chi connectivity index (χ0v) is 13.3. The van der Waals surface area contributed by atoms with E-state index in [1.165, 1.54) is 12.1 Å². The van der Waals surface area contributed by atoms with Crippen LogP contribution in [0.2, 0.25) is 0 Å². The molecule has 1 amide bonds. The van der Waals surface area contributed by atoms with Crippen LogP contribution >= 0.6 is 0 Å². The Kier molecular flexibility index (Phi) is 4.66. The van der Waals surface area contributed by atoms with Gasteiger partial charge < -0.3 is 0 Å². The van der Waals surface area contributed by atoms with Crippen molar-refractivity contribution < 1.29 is 9.18 Å². The summed E-state index contributed by atoms with van der Waals surface area (Å²) >= 11 is 0. The molecule has 0 radical (unpaired) electrons. The van der Waals surface area contributed by atoms with Gasteiger partial charge in [0.2, 0.25) is 0 Å². The first-order valence-electron chi connectivity index (χ1n) is 7.72. The van der Waals surface area contributed by atoms with Crippen molar-refractivity contribution in [2.45, 2.75) is 13.0 Å². The highest BCUT2D eigenvalue weighted by atomic mass is 19.1. The van der Waals surface area contributed by atoms with Gasteiger partial charge in [0, 0.05) is 11.9 Å². The molecule has 0 bridgehead atoms. The monoisotopic (exact) mass is 320 g/mol. The van der Waals surface area contributed by atoms with Crippen LogP contribution in [0.4, 0.5) is 10.1 Å². The quantitative estimate of drug-likeness (QED) is 0.702. The minimum Gasteiger partial charge on any atom is -0.299 e. The highest BCUT2D eigenvalue weighted by Crippen LogP contribution is 2.28. The summed E-state index contributed by atoms with van der Waals surface area (Å²) in [6.45, 7) is 1.88. The minimum atomic E-state index is -0.531. The number of hydrogen-bond donors (Lipinski definition) is 0. The molecule has 3 rings (SSSR count). The SMILES string of the molecule is CC(c1ccccn1)N(C(=O)c1ccccc1F)c1ccccc1. The van der Waals surface area contributed by atoms with E-state index in [-0.39, 0.29) is 11.6 Å². The maximum atomic E-state index is 14.1. The molecule has 0 aliphatic heterocycles. The summed E-state index contributed by atoms with van der Waals surface area (Å²) in [5.41, 5.74) is 1.49. The van der Waals surface area contributed by atoms with Crippen molar-refractivity contribution in [3.8, 4) is 0 Å². The summed E-state index contributed by atoms with van der Waals surface area (Å²) in [5.74, 6) is -0.922. The highest BCUT2D eigenvalue weighted by molar-refractivity contribution is 6.06. The topological polar surface area (TPSA) is 33.2 Å². The van der Waals surface area contributed by atoms with Crippen molar-refractivity contribution in [2.75, 3.05) is 4.90 Å². The van der Waals surface area contributed by atoms with Crippen LogP contribution in [0.3, 0.4) is 0 Å². The van der Waals surface area contributed by atoms with E-state index >= 15 is 0 Å². The third-order valence-corrected chi connectivity index (χ3v) is 3.86. The predicted octanol–water partition coefficient (Wildman–Crippen LogP) is 4.63. The van der Waals surface area contributed by atoms with Crippen LogP contribution in [-0.2, 0) is 0 Å². The Morgan fingerprint density at radius 1 is 0.958 bits per heavy atom. The van der Waals surface area contributed by atoms with Crippen LogP contribution in [0.25, 0.3) is 0 Å². The lowest BCUT2D eigenvalue weighted by molar-refractivity contribution is 0.0974. The van der Waals surface area contributed by atoms with E-state index in [0.717, 1.165) is 5.69 Å². The molecule has 0 saturated carbocycles. The molecule has 0 fully saturated rings. The Balaban J connectivity index is 2.06. The molecule has 4 heteroatoms. The van der Waals surface area contributed by atoms with Crippen molar-refractivity contribution >= 4 is 11.6 Å². The molecule has 0 aliphatic carbocycles. The summed E-state index contributed by atoms with van der Waals surface area (Å²) in [4.78, 5) is 18.9. The molecule has 3 nitrogen and oxygen atoms in total. The minimum absolute atomic E-state index is 0.0455. The number of hydrogen-bond acceptors (Lipinski definition) is 2. The van der Waals surface area contributed by atoms with Crippen molar-refractivity contribution in [1.29, 1.82) is 0 Å². The molecular formula is C20H17FN2O. The fraction of sp³-hybridized carbons (Fsp3) is 0.100. The number of carbonyl (C=O) groups is 1. The smallest absolute Gasteiger partial charge is 0.261 e. The number of aromatic nitrogens is 1. The fourth-order valence-corrected chi connectivity index (χ4v) is 2.63. The first kappa shape index (κ1) is 15.9. The number of rotatable bonds is 4. The van der Waals surface area contributed by atoms with E-state index in [2.05, 4.69) is 4.98 Å². The molecule has 120 valence electrons. The number of anilines is 1. The van der Waals surface area contributed by atoms with Gasteiger partial charge in [0.15, 0.2) is 0 Å². The van der Waals surface area contributed by atoms with Crippen LogP contribution in [0.15, 0.2) is 79.0 Å². The third-order valence-electron chi connectivity index (χ3n) is 3.86. The Hall–Kier alpha value is -3.01. The number of pyridine rings is 1. The second kappa shape index (κ2) is 7.04. The average Bonchev–Trinajstić information content (AvgIpc) is 2.64. The average molecular weight is 320 g/mol. The molecule has 1 heterocycles. The van der Waals surface area contributed by atoms with Crippen molar-refractivity contribution in [1.82, 2.24) is 4.98 Å². The Labute approximate surface area is 140 Å². The Bertz CT molecular complexity index is 821. The molecule has 0 N–H and O–H groups in total. The van der Waals surface area contributed by atoms with E-state index in [9.17, 15) is 9.18 Å². The summed E-state index contributed by atoms with van der Waals surface area (Å²) in [6.07, 6.45) is 1.68. The maximum Gasteiger partial charge on any atom is 0.261 e. The summed E-state index contributed by atoms with van der Waals surface area (Å²) in [5, 5.41) is 0. The van der Waals surface area contributed by atoms with Gasteiger partial charge in [-0.15, -0.1) is 0 Å². The molecule has 0 saturated heterocycles. The van der Waals surface area contributed by atoms with E-state index in [4.69, 9.17) is 0 Å². The summed E-state index contributed by atoms with van der Waals surface area (Å²) in [6, 6.07) is 20.5. The molecule has 3 aromatic rings. The third kappa shape index (κ3) is 3.18. The van der Waals surface area contributed by atoms with Crippen molar-refractivity contribution in [3.63, 3.8) is 0 Å². The van der Waals surface area contributed by atoms with Crippen LogP contribution < -0.4 is 4.90 Å². The lowest BCUT2D eigenvalue weighted by Crippen LogP contribution is -2.34. The molecule has 24 heavy (non-hydrogen) atoms. The lowest BCUT2D eigenvalue weighted by Gasteiger charge is -2.29. The molecule has 0 aliphatic rings. The number of halogens is 1. The number of nitrogens with zero attached hydrogens (tertiary/aromatic N) is 2. The predicted molar refractivity (Wildman–Crippen MR) is 92.3 cm³/mol. The molecule has 1 atom stereocenters. The second-order valence-electron chi connectivity index (χ2n) is 5.42. The summed E-state index contributed by atoms with van der Waals surface area (Å²) in [7, 11) is 0. The fourth-order valence-electron chi connectivity index (χ4n) is 2.63. The number of para-hydroxylation sites is 1. The molecule has 1 unspecified atom stereocenters. The normalized spacial score (nSPS) is 11.8. The first-order valence-corrected chi connectivity index (χ1v) is 7.72. The molecule has 1 aromatic heterocycles. The molecule has 2 aromatic carbocycles. The van der Waals surface area contributed by atoms with E-state index in [0.29, 0.717) is 5.69 Å². The van der Waals surface area contributed by atoms with E-state index < -0.39 is 11.7 Å². The Morgan fingerprint density at radius 2 is 1.62 bits per heavy atom. The van der Waals surface area contributed by atoms with Gasteiger partial charge in [0.25, 0.3) is 5.91 Å². The van der Waals surface area contributed by atoms with Gasteiger partial charge in [-0.3, -0.25) is 14.7 Å². The van der Waals surface area contributed by atoms with E-state index in [1.54, 1.807) is 23.2 Å². The van der Waals surface area contributed by atoms with Crippen LogP contribution in [0, 0.1) is 5.82 Å². The molecular weight excluding hydrogens is 303 g/mol. The summed E-state index contributed by atoms with van der Waals surface area (Å²) < 4.78 is 14.1. The first-order chi connectivity index (χ1) is 11.7. The van der Waals surface area contributed by atoms with Gasteiger partial charge in [-0.2, -0.15) is 0 Å². The van der Waals surface area contributed by atoms with E-state index in [1.807, 2.05) is 55.5 Å². The number of amides is 1. The Morgan fingerprint density at radius 3 is 2.29 bits per heavy atom. The van der Waals surface area contributed by atoms with Crippen LogP contribution in [-0.4, -0.2) is 10.9 Å². The second-order valence-corrected chi connectivity index (χ2v) is 5.42. The standard InChI is InChI=1S/C20H17FN2O/c1-15(19-13-7-8-14-22-19)23(16-9-3-2-4-10-16)20(24)17-11-5-6-12-18(17)21/h2-15H,1H3. The van der Waals surface area contributed by atoms with Crippen molar-refractivity contribution in [3.05, 3.63) is 96.1 Å². The van der Waals surface area contributed by atoms with Crippen molar-refractivity contribution in [2.24, 2.45) is 0 Å². The van der Waals surface area contributed by atoms with Gasteiger partial charge in [-0.05, 0) is 43.3 Å². The van der Waals surface area contributed by atoms with Gasteiger partial charge in [0.05, 0.1) is 17.3 Å². The van der Waals surface area contributed by atoms with Crippen LogP contribution in [0.5, 0.6) is 0 Å². The zero-order chi connectivity index (χ0) is 16.9. The van der Waals surface area contributed by atoms with Gasteiger partial charge in [-0.1, -0.05) is 36.4 Å². The van der Waals surface area contributed by atoms with Gasteiger partial charge in [-0.25, -0.2) is 4.39 Å². The van der Waals surface area contributed by atoms with Gasteiger partial charge >= 0.3 is 0 Å².